The van der Waals surface area contributed by atoms with E-state index >= 15 is 0 Å². The number of benzene rings is 2. The van der Waals surface area contributed by atoms with Gasteiger partial charge in [-0.3, -0.25) is 9.36 Å². The number of rotatable bonds is 6. The van der Waals surface area contributed by atoms with Gasteiger partial charge in [0.15, 0.2) is 10.9 Å². The molecule has 1 aliphatic heterocycles. The van der Waals surface area contributed by atoms with E-state index in [2.05, 4.69) is 28.4 Å². The minimum atomic E-state index is -0.297. The molecule has 1 atom stereocenters. The molecule has 2 aromatic carbocycles. The molecule has 0 fully saturated rings. The van der Waals surface area contributed by atoms with Gasteiger partial charge in [-0.1, -0.05) is 60.3 Å². The molecule has 1 amide bonds. The molecule has 5 rings (SSSR count). The van der Waals surface area contributed by atoms with Crippen LogP contribution in [0.15, 0.2) is 82.6 Å². The first-order valence-corrected chi connectivity index (χ1v) is 11.2. The molecule has 1 unspecified atom stereocenters. The summed E-state index contributed by atoms with van der Waals surface area (Å²) >= 11 is 1.43. The van der Waals surface area contributed by atoms with E-state index in [1.807, 2.05) is 64.9 Å². The van der Waals surface area contributed by atoms with Crippen LogP contribution in [0, 0.1) is 0 Å². The first-order valence-electron chi connectivity index (χ1n) is 10.3. The van der Waals surface area contributed by atoms with Gasteiger partial charge < -0.3 is 9.32 Å². The number of fused-ring (bicyclic) bond motifs is 1. The van der Waals surface area contributed by atoms with Crippen LogP contribution in [0.5, 0.6) is 0 Å². The Hall–Kier alpha value is -3.32. The number of hydrogen-bond acceptors (Lipinski definition) is 5. The maximum Gasteiger partial charge on any atom is 0.240 e. The molecule has 0 aliphatic carbocycles. The Labute approximate surface area is 184 Å². The van der Waals surface area contributed by atoms with Gasteiger partial charge in [0.1, 0.15) is 0 Å². The molecule has 2 aromatic heterocycles. The lowest BCUT2D eigenvalue weighted by molar-refractivity contribution is -0.117. The average Bonchev–Trinajstić information content (AvgIpc) is 3.54. The summed E-state index contributed by atoms with van der Waals surface area (Å²) in [5, 5.41) is 9.18. The average molecular weight is 431 g/mol. The van der Waals surface area contributed by atoms with E-state index in [4.69, 9.17) is 4.42 Å². The van der Waals surface area contributed by atoms with Gasteiger partial charge in [0.05, 0.1) is 18.1 Å². The van der Waals surface area contributed by atoms with E-state index < -0.39 is 0 Å². The molecule has 0 radical (unpaired) electrons. The monoisotopic (exact) mass is 430 g/mol. The van der Waals surface area contributed by atoms with Crippen LogP contribution < -0.4 is 4.90 Å². The Bertz CT molecular complexity index is 1190. The summed E-state index contributed by atoms with van der Waals surface area (Å²) in [6.45, 7) is 3.25. The Kier molecular flexibility index (Phi) is 5.34. The zero-order valence-corrected chi connectivity index (χ0v) is 18.0. The van der Waals surface area contributed by atoms with Crippen molar-refractivity contribution in [1.82, 2.24) is 14.8 Å². The molecule has 0 N–H and O–H groups in total. The molecule has 0 saturated carbocycles. The van der Waals surface area contributed by atoms with Gasteiger partial charge in [0, 0.05) is 12.2 Å². The predicted molar refractivity (Wildman–Crippen MR) is 121 cm³/mol. The standard InChI is InChI=1S/C24H22N4O2S/c1-17(23(29)27-14-13-19-10-5-6-11-20(19)27)31-24-26-25-22(21-12-7-15-30-21)28(24)16-18-8-3-2-4-9-18/h2-12,15,17H,13-14,16H2,1H3. The van der Waals surface area contributed by atoms with Crippen molar-refractivity contribution < 1.29 is 9.21 Å². The summed E-state index contributed by atoms with van der Waals surface area (Å²) in [5.41, 5.74) is 3.37. The fourth-order valence-electron chi connectivity index (χ4n) is 3.87. The van der Waals surface area contributed by atoms with Gasteiger partial charge in [-0.15, -0.1) is 10.2 Å². The van der Waals surface area contributed by atoms with Crippen molar-refractivity contribution in [2.24, 2.45) is 0 Å². The number of hydrogen-bond donors (Lipinski definition) is 0. The van der Waals surface area contributed by atoms with Crippen molar-refractivity contribution in [3.8, 4) is 11.6 Å². The van der Waals surface area contributed by atoms with E-state index in [0.717, 1.165) is 24.2 Å². The summed E-state index contributed by atoms with van der Waals surface area (Å²) in [5.74, 6) is 1.40. The van der Waals surface area contributed by atoms with E-state index in [-0.39, 0.29) is 11.2 Å². The summed E-state index contributed by atoms with van der Waals surface area (Å²) < 4.78 is 7.59. The smallest absolute Gasteiger partial charge is 0.240 e. The highest BCUT2D eigenvalue weighted by atomic mass is 32.2. The Balaban J connectivity index is 1.42. The third-order valence-electron chi connectivity index (χ3n) is 5.43. The third kappa shape index (κ3) is 3.88. The minimum absolute atomic E-state index is 0.0868. The van der Waals surface area contributed by atoms with E-state index in [1.165, 1.54) is 17.3 Å². The lowest BCUT2D eigenvalue weighted by Crippen LogP contribution is -2.35. The molecule has 6 nitrogen and oxygen atoms in total. The lowest BCUT2D eigenvalue weighted by Gasteiger charge is -2.21. The minimum Gasteiger partial charge on any atom is -0.461 e. The topological polar surface area (TPSA) is 64.2 Å². The molecule has 7 heteroatoms. The summed E-state index contributed by atoms with van der Waals surface area (Å²) in [6, 6.07) is 22.0. The number of carbonyl (C=O) groups excluding carboxylic acids is 1. The molecule has 0 bridgehead atoms. The van der Waals surface area contributed by atoms with E-state index in [0.29, 0.717) is 23.3 Å². The van der Waals surface area contributed by atoms with Crippen LogP contribution in [-0.4, -0.2) is 32.5 Å². The molecule has 0 saturated heterocycles. The van der Waals surface area contributed by atoms with Crippen molar-refractivity contribution >= 4 is 23.4 Å². The fraction of sp³-hybridized carbons (Fsp3) is 0.208. The Morgan fingerprint density at radius 1 is 1.06 bits per heavy atom. The van der Waals surface area contributed by atoms with Crippen LogP contribution in [0.2, 0.25) is 0 Å². The Morgan fingerprint density at radius 2 is 1.87 bits per heavy atom. The lowest BCUT2D eigenvalue weighted by atomic mass is 10.2. The first kappa shape index (κ1) is 19.6. The molecule has 4 aromatic rings. The molecular formula is C24H22N4O2S. The van der Waals surface area contributed by atoms with Crippen LogP contribution in [0.4, 0.5) is 5.69 Å². The van der Waals surface area contributed by atoms with Crippen LogP contribution in [0.25, 0.3) is 11.6 Å². The first-order chi connectivity index (χ1) is 15.2. The number of carbonyl (C=O) groups is 1. The van der Waals surface area contributed by atoms with Gasteiger partial charge in [0.25, 0.3) is 0 Å². The van der Waals surface area contributed by atoms with Crippen molar-refractivity contribution in [2.75, 3.05) is 11.4 Å². The second-order valence-electron chi connectivity index (χ2n) is 7.48. The zero-order valence-electron chi connectivity index (χ0n) is 17.1. The highest BCUT2D eigenvalue weighted by molar-refractivity contribution is 8.00. The van der Waals surface area contributed by atoms with E-state index in [9.17, 15) is 4.79 Å². The molecule has 156 valence electrons. The van der Waals surface area contributed by atoms with Crippen LogP contribution in [0.1, 0.15) is 18.1 Å². The summed E-state index contributed by atoms with van der Waals surface area (Å²) in [4.78, 5) is 15.1. The molecule has 31 heavy (non-hydrogen) atoms. The summed E-state index contributed by atoms with van der Waals surface area (Å²) in [7, 11) is 0. The number of nitrogens with zero attached hydrogens (tertiary/aromatic N) is 4. The fourth-order valence-corrected chi connectivity index (χ4v) is 4.78. The van der Waals surface area contributed by atoms with Gasteiger partial charge >= 0.3 is 0 Å². The largest absolute Gasteiger partial charge is 0.461 e. The second kappa shape index (κ2) is 8.43. The Morgan fingerprint density at radius 3 is 2.68 bits per heavy atom. The molecule has 1 aliphatic rings. The van der Waals surface area contributed by atoms with Gasteiger partial charge in [0.2, 0.25) is 11.7 Å². The highest BCUT2D eigenvalue weighted by Gasteiger charge is 2.30. The van der Waals surface area contributed by atoms with Crippen molar-refractivity contribution in [3.63, 3.8) is 0 Å². The maximum absolute atomic E-state index is 13.2. The second-order valence-corrected chi connectivity index (χ2v) is 8.79. The van der Waals surface area contributed by atoms with Gasteiger partial charge in [-0.2, -0.15) is 0 Å². The van der Waals surface area contributed by atoms with Crippen LogP contribution >= 0.6 is 11.8 Å². The predicted octanol–water partition coefficient (Wildman–Crippen LogP) is 4.66. The number of thioether (sulfide) groups is 1. The molecule has 3 heterocycles. The van der Waals surface area contributed by atoms with Gasteiger partial charge in [-0.25, -0.2) is 0 Å². The van der Waals surface area contributed by atoms with Crippen molar-refractivity contribution in [2.45, 2.75) is 30.3 Å². The maximum atomic E-state index is 13.2. The number of aromatic nitrogens is 3. The number of furan rings is 1. The normalized spacial score (nSPS) is 13.9. The van der Waals surface area contributed by atoms with Crippen LogP contribution in [-0.2, 0) is 17.8 Å². The van der Waals surface area contributed by atoms with Crippen LogP contribution in [0.3, 0.4) is 0 Å². The van der Waals surface area contributed by atoms with E-state index in [1.54, 1.807) is 6.26 Å². The quantitative estimate of drug-likeness (QED) is 0.417. The zero-order chi connectivity index (χ0) is 21.2. The molecule has 0 spiro atoms. The summed E-state index contributed by atoms with van der Waals surface area (Å²) in [6.07, 6.45) is 2.52. The number of anilines is 1. The van der Waals surface area contributed by atoms with Crippen molar-refractivity contribution in [3.05, 3.63) is 84.1 Å². The molecular weight excluding hydrogens is 408 g/mol. The van der Waals surface area contributed by atoms with Crippen molar-refractivity contribution in [1.29, 1.82) is 0 Å². The van der Waals surface area contributed by atoms with Gasteiger partial charge in [-0.05, 0) is 42.7 Å². The number of para-hydroxylation sites is 1. The SMILES string of the molecule is CC(Sc1nnc(-c2ccco2)n1Cc1ccccc1)C(=O)N1CCc2ccccc21. The highest BCUT2D eigenvalue weighted by Crippen LogP contribution is 2.32. The third-order valence-corrected chi connectivity index (χ3v) is 6.49. The number of amides is 1.